The van der Waals surface area contributed by atoms with Crippen molar-refractivity contribution >= 4 is 69.2 Å². The SMILES string of the molecule is C=CC(=O)NC[C@H]1CCN1C(=O)N(C)[C@H](C(=O)N[C@H]1Cc2nc(cs2)-c2ccc3c(c2)c(c(-c2cccnc2[C@H](C)OC)n3CC)CC(C)(C)COC(=O)[C@@H]2CCCN(NC2=S)C1=O)C(C)C. The lowest BCUT2D eigenvalue weighted by molar-refractivity contribution is -0.149. The lowest BCUT2D eigenvalue weighted by atomic mass is 9.84. The topological polar surface area (TPSA) is 180 Å². The number of thiazole rings is 1. The molecule has 3 aliphatic rings. The normalized spacial score (nSPS) is 20.7. The van der Waals surface area contributed by atoms with Crippen molar-refractivity contribution in [3.8, 4) is 22.5 Å². The van der Waals surface area contributed by atoms with E-state index in [1.54, 1.807) is 25.3 Å². The molecule has 0 saturated carbocycles. The minimum atomic E-state index is -1.12. The number of benzene rings is 1. The Balaban J connectivity index is 1.27. The smallest absolute Gasteiger partial charge is 0.320 e. The molecule has 67 heavy (non-hydrogen) atoms. The van der Waals surface area contributed by atoms with Crippen molar-refractivity contribution in [2.24, 2.45) is 17.3 Å². The maximum absolute atomic E-state index is 14.7. The third-order valence-electron chi connectivity index (χ3n) is 13.1. The van der Waals surface area contributed by atoms with Crippen molar-refractivity contribution in [3.05, 3.63) is 70.8 Å². The van der Waals surface area contributed by atoms with Gasteiger partial charge in [0.05, 0.1) is 40.8 Å². The predicted octanol–water partition coefficient (Wildman–Crippen LogP) is 6.23. The van der Waals surface area contributed by atoms with Crippen molar-refractivity contribution < 1.29 is 33.4 Å². The third kappa shape index (κ3) is 10.4. The van der Waals surface area contributed by atoms with Crippen LogP contribution in [0.2, 0.25) is 0 Å². The maximum atomic E-state index is 14.7. The molecule has 1 aromatic carbocycles. The molecular weight excluding hydrogens is 891 g/mol. The van der Waals surface area contributed by atoms with Gasteiger partial charge >= 0.3 is 12.0 Å². The van der Waals surface area contributed by atoms with E-state index in [9.17, 15) is 24.0 Å². The summed E-state index contributed by atoms with van der Waals surface area (Å²) in [6, 6.07) is 7.69. The number of ether oxygens (including phenoxy) is 2. The van der Waals surface area contributed by atoms with Gasteiger partial charge in [0, 0.05) is 85.8 Å². The van der Waals surface area contributed by atoms with Crippen molar-refractivity contribution in [1.29, 1.82) is 0 Å². The number of thiocarbonyl (C=S) groups is 1. The largest absolute Gasteiger partial charge is 0.465 e. The molecule has 4 aromatic rings. The molecule has 18 heteroatoms. The number of aryl methyl sites for hydroxylation is 1. The fourth-order valence-electron chi connectivity index (χ4n) is 9.39. The van der Waals surface area contributed by atoms with Gasteiger partial charge in [-0.1, -0.05) is 52.6 Å². The Morgan fingerprint density at radius 3 is 2.63 bits per heavy atom. The first-order valence-corrected chi connectivity index (χ1v) is 24.4. The van der Waals surface area contributed by atoms with E-state index < -0.39 is 41.2 Å². The predicted molar refractivity (Wildman–Crippen MR) is 262 cm³/mol. The average Bonchev–Trinajstić information content (AvgIpc) is 3.82. The van der Waals surface area contributed by atoms with E-state index in [2.05, 4.69) is 72.2 Å². The van der Waals surface area contributed by atoms with Crippen LogP contribution in [0.1, 0.15) is 83.2 Å². The van der Waals surface area contributed by atoms with Crippen LogP contribution < -0.4 is 16.1 Å². The fraction of sp³-hybridized carbons (Fsp3) is 0.510. The van der Waals surface area contributed by atoms with Crippen molar-refractivity contribution in [2.75, 3.05) is 40.4 Å². The first-order chi connectivity index (χ1) is 32.0. The Labute approximate surface area is 401 Å². The second-order valence-electron chi connectivity index (χ2n) is 18.8. The number of esters is 1. The fourth-order valence-corrected chi connectivity index (χ4v) is 10.6. The van der Waals surface area contributed by atoms with Crippen LogP contribution in [0.5, 0.6) is 0 Å². The number of hydrogen-bond donors (Lipinski definition) is 3. The van der Waals surface area contributed by atoms with Gasteiger partial charge in [0.2, 0.25) is 11.8 Å². The number of nitrogens with zero attached hydrogens (tertiary/aromatic N) is 6. The molecule has 5 atom stereocenters. The number of carbonyl (C=O) groups excluding carboxylic acids is 5. The Hall–Kier alpha value is -5.72. The van der Waals surface area contributed by atoms with Crippen LogP contribution in [0.3, 0.4) is 0 Å². The van der Waals surface area contributed by atoms with E-state index in [0.29, 0.717) is 49.5 Å². The summed E-state index contributed by atoms with van der Waals surface area (Å²) < 4.78 is 14.2. The highest BCUT2D eigenvalue weighted by Gasteiger charge is 2.41. The maximum Gasteiger partial charge on any atom is 0.320 e. The van der Waals surface area contributed by atoms with E-state index >= 15 is 0 Å². The Bertz CT molecular complexity index is 2550. The van der Waals surface area contributed by atoms with Crippen molar-refractivity contribution in [2.45, 2.75) is 104 Å². The minimum absolute atomic E-state index is 0.0465. The van der Waals surface area contributed by atoms with Crippen molar-refractivity contribution in [1.82, 2.24) is 45.4 Å². The van der Waals surface area contributed by atoms with Crippen LogP contribution in [0.4, 0.5) is 4.79 Å². The van der Waals surface area contributed by atoms with E-state index in [-0.39, 0.29) is 61.1 Å². The zero-order valence-corrected chi connectivity index (χ0v) is 41.4. The minimum Gasteiger partial charge on any atom is -0.465 e. The number of carbonyl (C=O) groups is 5. The molecule has 6 heterocycles. The number of methoxy groups -OCH3 is 1. The second kappa shape index (κ2) is 20.7. The number of cyclic esters (lactones) is 1. The highest BCUT2D eigenvalue weighted by molar-refractivity contribution is 7.80. The van der Waals surface area contributed by atoms with Gasteiger partial charge in [-0.05, 0) is 81.4 Å². The standard InChI is InChI=1S/C49H63N9O7S2/c1-10-39(59)51-25-31-18-21-57(31)48(63)55(8)42(28(3)4)44(60)53-36-23-40-52-37(26-67-40)30-16-17-38-34(22-30)35(43(56(38)11-2)32-14-12-19-50-41(32)29(5)64-9)24-49(6,7)27-65-47(62)33-15-13-20-58(46(36)61)54-45(33)66/h10,12,14,16-17,19,22,26,28-29,31,33,36,42H,1,11,13,15,18,20-21,23-25,27H2,2-9H3,(H,51,59)(H,53,60)(H,54,66)/t29-,31+,33+,36-,42-/m0/s1. The van der Waals surface area contributed by atoms with Crippen LogP contribution in [-0.2, 0) is 48.0 Å². The number of hydrogen-bond acceptors (Lipinski definition) is 11. The Morgan fingerprint density at radius 1 is 1.16 bits per heavy atom. The van der Waals surface area contributed by atoms with Gasteiger partial charge in [0.1, 0.15) is 23.0 Å². The third-order valence-corrected chi connectivity index (χ3v) is 14.4. The van der Waals surface area contributed by atoms with Gasteiger partial charge in [-0.2, -0.15) is 0 Å². The molecule has 16 nitrogen and oxygen atoms in total. The van der Waals surface area contributed by atoms with Crippen LogP contribution >= 0.6 is 23.6 Å². The number of nitrogens with one attached hydrogen (secondary N) is 3. The zero-order valence-electron chi connectivity index (χ0n) is 39.7. The number of hydrazine groups is 1. The Morgan fingerprint density at radius 2 is 1.94 bits per heavy atom. The summed E-state index contributed by atoms with van der Waals surface area (Å²) in [5.74, 6) is -2.91. The molecule has 2 saturated heterocycles. The zero-order chi connectivity index (χ0) is 48.3. The summed E-state index contributed by atoms with van der Waals surface area (Å²) in [6.45, 7) is 17.2. The molecule has 6 bridgehead atoms. The van der Waals surface area contributed by atoms with Gasteiger partial charge in [0.25, 0.3) is 5.91 Å². The molecule has 3 aliphatic heterocycles. The number of rotatable bonds is 11. The average molecular weight is 954 g/mol. The molecule has 3 N–H and O–H groups in total. The highest BCUT2D eigenvalue weighted by atomic mass is 32.1. The molecular formula is C49H63N9O7S2. The van der Waals surface area contributed by atoms with E-state index in [1.165, 1.54) is 27.3 Å². The van der Waals surface area contributed by atoms with Crippen LogP contribution in [0.25, 0.3) is 33.4 Å². The number of amides is 5. The van der Waals surface area contributed by atoms with Crippen molar-refractivity contribution in [3.63, 3.8) is 0 Å². The summed E-state index contributed by atoms with van der Waals surface area (Å²) in [5.41, 5.74) is 9.01. The summed E-state index contributed by atoms with van der Waals surface area (Å²) in [6.07, 6.45) is 4.79. The number of fused-ring (bicyclic) bond motifs is 7. The van der Waals surface area contributed by atoms with Gasteiger partial charge < -0.3 is 34.5 Å². The monoisotopic (exact) mass is 953 g/mol. The molecule has 0 aliphatic carbocycles. The first kappa shape index (κ1) is 49.2. The lowest BCUT2D eigenvalue weighted by Crippen LogP contribution is -2.63. The number of pyridine rings is 1. The molecule has 0 radical (unpaired) electrons. The molecule has 0 spiro atoms. The van der Waals surface area contributed by atoms with Gasteiger partial charge in [-0.15, -0.1) is 11.3 Å². The van der Waals surface area contributed by atoms with Gasteiger partial charge in [-0.3, -0.25) is 34.6 Å². The number of urea groups is 1. The molecule has 3 aromatic heterocycles. The molecule has 5 amide bonds. The van der Waals surface area contributed by atoms with Crippen LogP contribution in [0, 0.1) is 17.3 Å². The van der Waals surface area contributed by atoms with Gasteiger partial charge in [-0.25, -0.2) is 9.78 Å². The second-order valence-corrected chi connectivity index (χ2v) is 20.2. The van der Waals surface area contributed by atoms with E-state index in [0.717, 1.165) is 39.0 Å². The lowest BCUT2D eigenvalue weighted by Gasteiger charge is -2.44. The van der Waals surface area contributed by atoms with E-state index in [1.807, 2.05) is 32.2 Å². The summed E-state index contributed by atoms with van der Waals surface area (Å²) in [4.78, 5) is 82.0. The summed E-state index contributed by atoms with van der Waals surface area (Å²) >= 11 is 7.21. The number of likely N-dealkylation sites (tertiary alicyclic amines) is 1. The number of likely N-dealkylation sites (N-methyl/N-ethyl adjacent to an activating group) is 1. The Kier molecular flexibility index (Phi) is 15.2. The quantitative estimate of drug-likeness (QED) is 0.0882. The van der Waals surface area contributed by atoms with Crippen LogP contribution in [0.15, 0.2) is 54.6 Å². The van der Waals surface area contributed by atoms with E-state index in [4.69, 9.17) is 31.7 Å². The summed E-state index contributed by atoms with van der Waals surface area (Å²) in [7, 11) is 3.26. The molecule has 2 fully saturated rings. The molecule has 358 valence electrons. The molecule has 7 rings (SSSR count). The van der Waals surface area contributed by atoms with Gasteiger partial charge in [0.15, 0.2) is 0 Å². The summed E-state index contributed by atoms with van der Waals surface area (Å²) in [5, 5.41) is 10.7. The van der Waals surface area contributed by atoms with Crippen LogP contribution in [-0.4, -0.2) is 123 Å². The highest BCUT2D eigenvalue weighted by Crippen LogP contribution is 2.42. The molecule has 0 unspecified atom stereocenters. The number of aromatic nitrogens is 3. The first-order valence-electron chi connectivity index (χ1n) is 23.1.